The molecule has 27 heavy (non-hydrogen) atoms. The van der Waals surface area contributed by atoms with E-state index in [0.717, 1.165) is 35.6 Å². The Hall–Kier alpha value is -2.40. The zero-order chi connectivity index (χ0) is 20.0. The largest absolute Gasteiger partial charge is 0.382 e. The van der Waals surface area contributed by atoms with Gasteiger partial charge in [0.1, 0.15) is 0 Å². The van der Waals surface area contributed by atoms with E-state index in [9.17, 15) is 4.79 Å². The number of aromatic nitrogens is 1. The van der Waals surface area contributed by atoms with Gasteiger partial charge in [0.05, 0.1) is 11.3 Å². The molecule has 0 radical (unpaired) electrons. The van der Waals surface area contributed by atoms with Crippen LogP contribution in [0.5, 0.6) is 0 Å². The summed E-state index contributed by atoms with van der Waals surface area (Å²) in [5.41, 5.74) is 4.65. The van der Waals surface area contributed by atoms with Crippen molar-refractivity contribution in [3.63, 3.8) is 0 Å². The normalized spacial score (nSPS) is 11.3. The highest BCUT2D eigenvalue weighted by Gasteiger charge is 2.17. The number of hydrogen-bond acceptors (Lipinski definition) is 4. The summed E-state index contributed by atoms with van der Waals surface area (Å²) in [4.78, 5) is 19.2. The van der Waals surface area contributed by atoms with E-state index in [-0.39, 0.29) is 5.91 Å². The van der Waals surface area contributed by atoms with Gasteiger partial charge in [-0.1, -0.05) is 45.9 Å². The third kappa shape index (κ3) is 5.79. The Labute approximate surface area is 163 Å². The third-order valence-corrected chi connectivity index (χ3v) is 4.50. The Bertz CT molecular complexity index is 742. The van der Waals surface area contributed by atoms with Crippen LogP contribution in [-0.2, 0) is 0 Å². The van der Waals surface area contributed by atoms with E-state index >= 15 is 0 Å². The van der Waals surface area contributed by atoms with Crippen molar-refractivity contribution in [1.29, 1.82) is 0 Å². The number of nitrogens with one attached hydrogen (secondary N) is 2. The van der Waals surface area contributed by atoms with Crippen molar-refractivity contribution in [2.45, 2.75) is 39.5 Å². The van der Waals surface area contributed by atoms with E-state index in [1.807, 2.05) is 20.2 Å². The maximum Gasteiger partial charge on any atom is 0.257 e. The predicted octanol–water partition coefficient (Wildman–Crippen LogP) is 4.55. The summed E-state index contributed by atoms with van der Waals surface area (Å²) >= 11 is 0. The number of carbonyl (C=O) groups is 1. The first-order valence-electron chi connectivity index (χ1n) is 9.57. The van der Waals surface area contributed by atoms with Crippen molar-refractivity contribution < 1.29 is 4.79 Å². The average Bonchev–Trinajstić information content (AvgIpc) is 2.61. The van der Waals surface area contributed by atoms with Crippen molar-refractivity contribution in [3.8, 4) is 0 Å². The number of benzene rings is 1. The number of anilines is 2. The molecule has 2 N–H and O–H groups in total. The smallest absolute Gasteiger partial charge is 0.257 e. The van der Waals surface area contributed by atoms with Gasteiger partial charge in [-0.2, -0.15) is 0 Å². The van der Waals surface area contributed by atoms with Crippen LogP contribution >= 0.6 is 0 Å². The molecule has 0 fully saturated rings. The van der Waals surface area contributed by atoms with Gasteiger partial charge in [0.2, 0.25) is 0 Å². The SMILES string of the molecule is CC(C)c1cccc(C(C)C)c1NC(=O)c1cncc(NCCN(C)C)c1. The number of nitrogens with zero attached hydrogens (tertiary/aromatic N) is 2. The van der Waals surface area contributed by atoms with Crippen LogP contribution in [0, 0.1) is 0 Å². The second kappa shape index (κ2) is 9.51. The van der Waals surface area contributed by atoms with Gasteiger partial charge in [0.15, 0.2) is 0 Å². The van der Waals surface area contributed by atoms with Crippen LogP contribution in [0.25, 0.3) is 0 Å². The van der Waals surface area contributed by atoms with Crippen LogP contribution in [-0.4, -0.2) is 43.0 Å². The molecule has 0 saturated heterocycles. The van der Waals surface area contributed by atoms with Crippen LogP contribution in [0.2, 0.25) is 0 Å². The second-order valence-corrected chi connectivity index (χ2v) is 7.77. The molecular weight excluding hydrogens is 336 g/mol. The molecule has 0 spiro atoms. The highest BCUT2D eigenvalue weighted by Crippen LogP contribution is 2.32. The van der Waals surface area contributed by atoms with Gasteiger partial charge in [-0.3, -0.25) is 9.78 Å². The minimum absolute atomic E-state index is 0.131. The van der Waals surface area contributed by atoms with Crippen LogP contribution in [0.3, 0.4) is 0 Å². The standard InChI is InChI=1S/C22H32N4O/c1-15(2)19-8-7-9-20(16(3)4)21(19)25-22(27)17-12-18(14-23-13-17)24-10-11-26(5)6/h7-9,12-16,24H,10-11H2,1-6H3,(H,25,27). The van der Waals surface area contributed by atoms with Crippen molar-refractivity contribution >= 4 is 17.3 Å². The molecule has 0 aliphatic heterocycles. The molecule has 146 valence electrons. The Kier molecular flexibility index (Phi) is 7.36. The highest BCUT2D eigenvalue weighted by molar-refractivity contribution is 6.05. The lowest BCUT2D eigenvalue weighted by molar-refractivity contribution is 0.102. The fraction of sp³-hybridized carbons (Fsp3) is 0.455. The quantitative estimate of drug-likeness (QED) is 0.717. The number of hydrogen-bond donors (Lipinski definition) is 2. The molecule has 5 heteroatoms. The first kappa shape index (κ1) is 20.9. The van der Waals surface area contributed by atoms with E-state index in [1.54, 1.807) is 12.4 Å². The highest BCUT2D eigenvalue weighted by atomic mass is 16.1. The molecule has 1 aromatic heterocycles. The number of amides is 1. The van der Waals surface area contributed by atoms with E-state index < -0.39 is 0 Å². The predicted molar refractivity (Wildman–Crippen MR) is 114 cm³/mol. The Morgan fingerprint density at radius 2 is 1.70 bits per heavy atom. The van der Waals surface area contributed by atoms with Gasteiger partial charge < -0.3 is 15.5 Å². The summed E-state index contributed by atoms with van der Waals surface area (Å²) in [5.74, 6) is 0.529. The van der Waals surface area contributed by atoms with Gasteiger partial charge in [-0.15, -0.1) is 0 Å². The molecule has 1 aromatic carbocycles. The molecule has 2 rings (SSSR count). The fourth-order valence-electron chi connectivity index (χ4n) is 2.97. The molecule has 1 heterocycles. The van der Waals surface area contributed by atoms with E-state index in [2.05, 4.69) is 66.4 Å². The first-order valence-corrected chi connectivity index (χ1v) is 9.57. The van der Waals surface area contributed by atoms with Gasteiger partial charge in [-0.25, -0.2) is 0 Å². The lowest BCUT2D eigenvalue weighted by atomic mass is 9.92. The average molecular weight is 369 g/mol. The number of pyridine rings is 1. The molecule has 0 atom stereocenters. The summed E-state index contributed by atoms with van der Waals surface area (Å²) < 4.78 is 0. The Morgan fingerprint density at radius 3 is 2.26 bits per heavy atom. The molecule has 5 nitrogen and oxygen atoms in total. The molecule has 0 aliphatic rings. The van der Waals surface area contributed by atoms with Crippen LogP contribution < -0.4 is 10.6 Å². The van der Waals surface area contributed by atoms with Gasteiger partial charge in [-0.05, 0) is 43.1 Å². The summed E-state index contributed by atoms with van der Waals surface area (Å²) in [7, 11) is 4.06. The Morgan fingerprint density at radius 1 is 1.07 bits per heavy atom. The molecule has 1 amide bonds. The molecule has 0 unspecified atom stereocenters. The lowest BCUT2D eigenvalue weighted by Gasteiger charge is -2.20. The minimum Gasteiger partial charge on any atom is -0.382 e. The number of para-hydroxylation sites is 1. The maximum absolute atomic E-state index is 12.9. The van der Waals surface area contributed by atoms with Gasteiger partial charge in [0.25, 0.3) is 5.91 Å². The molecule has 0 bridgehead atoms. The molecular formula is C22H32N4O. The number of rotatable bonds is 8. The van der Waals surface area contributed by atoms with E-state index in [0.29, 0.717) is 17.4 Å². The zero-order valence-corrected chi connectivity index (χ0v) is 17.3. The number of carbonyl (C=O) groups excluding carboxylic acids is 1. The van der Waals surface area contributed by atoms with E-state index in [4.69, 9.17) is 0 Å². The van der Waals surface area contributed by atoms with Crippen LogP contribution in [0.4, 0.5) is 11.4 Å². The molecule has 0 aliphatic carbocycles. The minimum atomic E-state index is -0.131. The molecule has 0 saturated carbocycles. The van der Waals surface area contributed by atoms with Gasteiger partial charge in [0, 0.05) is 31.2 Å². The summed E-state index contributed by atoms with van der Waals surface area (Å²) in [6.07, 6.45) is 3.35. The zero-order valence-electron chi connectivity index (χ0n) is 17.3. The fourth-order valence-corrected chi connectivity index (χ4v) is 2.97. The van der Waals surface area contributed by atoms with Crippen LogP contribution in [0.1, 0.15) is 61.0 Å². The first-order chi connectivity index (χ1) is 12.8. The van der Waals surface area contributed by atoms with Crippen molar-refractivity contribution in [1.82, 2.24) is 9.88 Å². The number of likely N-dealkylation sites (N-methyl/N-ethyl adjacent to an activating group) is 1. The monoisotopic (exact) mass is 368 g/mol. The summed E-state index contributed by atoms with van der Waals surface area (Å²) in [5, 5.41) is 6.45. The van der Waals surface area contributed by atoms with Crippen LogP contribution in [0.15, 0.2) is 36.7 Å². The topological polar surface area (TPSA) is 57.3 Å². The summed E-state index contributed by atoms with van der Waals surface area (Å²) in [6.45, 7) is 10.3. The molecule has 2 aromatic rings. The van der Waals surface area contributed by atoms with Crippen molar-refractivity contribution in [3.05, 3.63) is 53.3 Å². The Balaban J connectivity index is 2.22. The van der Waals surface area contributed by atoms with E-state index in [1.165, 1.54) is 0 Å². The lowest BCUT2D eigenvalue weighted by Crippen LogP contribution is -2.21. The van der Waals surface area contributed by atoms with Gasteiger partial charge >= 0.3 is 0 Å². The maximum atomic E-state index is 12.9. The van der Waals surface area contributed by atoms with Crippen molar-refractivity contribution in [2.24, 2.45) is 0 Å². The second-order valence-electron chi connectivity index (χ2n) is 7.77. The summed E-state index contributed by atoms with van der Waals surface area (Å²) in [6, 6.07) is 8.09. The third-order valence-electron chi connectivity index (χ3n) is 4.50. The van der Waals surface area contributed by atoms with Crippen molar-refractivity contribution in [2.75, 3.05) is 37.8 Å².